The maximum Gasteiger partial charge on any atom is 0.239 e. The molecule has 16 heavy (non-hydrogen) atoms. The number of nitrogens with one attached hydrogen (secondary N) is 1. The first kappa shape index (κ1) is 14.9. The average molecular weight is 229 g/mol. The summed E-state index contributed by atoms with van der Waals surface area (Å²) in [6, 6.07) is -0.115. The smallest absolute Gasteiger partial charge is 0.239 e. The summed E-state index contributed by atoms with van der Waals surface area (Å²) in [6.45, 7) is 6.89. The number of carbonyl (C=O) groups excluding carboxylic acids is 2. The second kappa shape index (κ2) is 8.10. The van der Waals surface area contributed by atoms with Crippen LogP contribution in [0.25, 0.3) is 0 Å². The Morgan fingerprint density at radius 2 is 1.94 bits per heavy atom. The van der Waals surface area contributed by atoms with Crippen molar-refractivity contribution >= 4 is 11.8 Å². The number of hydrogen-bond acceptors (Lipinski definition) is 3. The molecule has 0 aromatic carbocycles. The van der Waals surface area contributed by atoms with E-state index in [1.54, 1.807) is 0 Å². The molecule has 0 aliphatic carbocycles. The third kappa shape index (κ3) is 5.70. The van der Waals surface area contributed by atoms with Crippen LogP contribution in [0.3, 0.4) is 0 Å². The first-order valence-electron chi connectivity index (χ1n) is 5.85. The van der Waals surface area contributed by atoms with Crippen molar-refractivity contribution in [3.05, 3.63) is 0 Å². The molecule has 5 heteroatoms. The van der Waals surface area contributed by atoms with Crippen molar-refractivity contribution < 1.29 is 9.59 Å². The van der Waals surface area contributed by atoms with E-state index in [2.05, 4.69) is 5.32 Å². The largest absolute Gasteiger partial charge is 0.355 e. The van der Waals surface area contributed by atoms with Gasteiger partial charge in [0.2, 0.25) is 11.8 Å². The highest BCUT2D eigenvalue weighted by Gasteiger charge is 2.16. The van der Waals surface area contributed by atoms with E-state index in [9.17, 15) is 9.59 Å². The van der Waals surface area contributed by atoms with E-state index >= 15 is 0 Å². The van der Waals surface area contributed by atoms with E-state index in [0.717, 1.165) is 6.42 Å². The lowest BCUT2D eigenvalue weighted by Gasteiger charge is -2.21. The predicted molar refractivity (Wildman–Crippen MR) is 63.8 cm³/mol. The van der Waals surface area contributed by atoms with Gasteiger partial charge in [-0.15, -0.1) is 0 Å². The summed E-state index contributed by atoms with van der Waals surface area (Å²) in [5.74, 6) is -0.175. The van der Waals surface area contributed by atoms with Gasteiger partial charge in [0, 0.05) is 25.6 Å². The fourth-order valence-electron chi connectivity index (χ4n) is 1.30. The van der Waals surface area contributed by atoms with Crippen LogP contribution >= 0.6 is 0 Å². The molecule has 3 N–H and O–H groups in total. The number of hydrogen-bond donors (Lipinski definition) is 2. The van der Waals surface area contributed by atoms with Gasteiger partial charge in [0.15, 0.2) is 0 Å². The first-order valence-corrected chi connectivity index (χ1v) is 5.85. The zero-order valence-corrected chi connectivity index (χ0v) is 10.5. The van der Waals surface area contributed by atoms with Crippen molar-refractivity contribution in [3.63, 3.8) is 0 Å². The van der Waals surface area contributed by atoms with Crippen molar-refractivity contribution in [1.29, 1.82) is 0 Å². The molecule has 94 valence electrons. The third-order valence-electron chi connectivity index (χ3n) is 2.40. The maximum atomic E-state index is 11.7. The van der Waals surface area contributed by atoms with Crippen molar-refractivity contribution in [3.8, 4) is 0 Å². The molecule has 2 amide bonds. The van der Waals surface area contributed by atoms with Gasteiger partial charge >= 0.3 is 0 Å². The number of nitrogens with two attached hydrogens (primary N) is 1. The maximum absolute atomic E-state index is 11.7. The monoisotopic (exact) mass is 229 g/mol. The highest BCUT2D eigenvalue weighted by Crippen LogP contribution is 1.99. The number of amides is 2. The van der Waals surface area contributed by atoms with Gasteiger partial charge in [-0.1, -0.05) is 6.92 Å². The van der Waals surface area contributed by atoms with Crippen molar-refractivity contribution in [2.45, 2.75) is 39.7 Å². The first-order chi connectivity index (χ1) is 7.54. The number of nitrogens with zero attached hydrogens (tertiary/aromatic N) is 1. The van der Waals surface area contributed by atoms with E-state index in [-0.39, 0.29) is 24.4 Å². The molecular weight excluding hydrogens is 206 g/mol. The molecule has 0 fully saturated rings. The number of likely N-dealkylation sites (N-methyl/N-ethyl adjacent to an activating group) is 2. The summed E-state index contributed by atoms with van der Waals surface area (Å²) in [7, 11) is 0. The molecule has 0 rings (SSSR count). The van der Waals surface area contributed by atoms with E-state index in [1.165, 1.54) is 4.90 Å². The van der Waals surface area contributed by atoms with E-state index < -0.39 is 0 Å². The Hall–Kier alpha value is -1.10. The lowest BCUT2D eigenvalue weighted by Crippen LogP contribution is -2.42. The van der Waals surface area contributed by atoms with Crippen LogP contribution in [0.1, 0.15) is 33.6 Å². The Morgan fingerprint density at radius 3 is 2.38 bits per heavy atom. The van der Waals surface area contributed by atoms with E-state index in [1.807, 2.05) is 20.8 Å². The molecule has 0 saturated heterocycles. The molecule has 0 aromatic heterocycles. The van der Waals surface area contributed by atoms with E-state index in [4.69, 9.17) is 5.73 Å². The Bertz CT molecular complexity index is 231. The molecule has 0 aliphatic heterocycles. The average Bonchev–Trinajstić information content (AvgIpc) is 2.25. The van der Waals surface area contributed by atoms with Gasteiger partial charge in [0.1, 0.15) is 0 Å². The van der Waals surface area contributed by atoms with Gasteiger partial charge in [0.25, 0.3) is 0 Å². The summed E-state index contributed by atoms with van der Waals surface area (Å²) in [5.41, 5.74) is 5.71. The normalized spacial score (nSPS) is 12.0. The quantitative estimate of drug-likeness (QED) is 0.650. The minimum Gasteiger partial charge on any atom is -0.355 e. The summed E-state index contributed by atoms with van der Waals surface area (Å²) >= 11 is 0. The van der Waals surface area contributed by atoms with Crippen molar-refractivity contribution in [2.24, 2.45) is 5.73 Å². The standard InChI is InChI=1S/C11H23N3O2/c1-4-9(12)7-11(16)14(6-3)8-10(15)13-5-2/h9H,4-8,12H2,1-3H3,(H,13,15). The van der Waals surface area contributed by atoms with Gasteiger partial charge in [-0.2, -0.15) is 0 Å². The molecule has 0 spiro atoms. The number of carbonyl (C=O) groups is 2. The molecule has 0 bridgehead atoms. The summed E-state index contributed by atoms with van der Waals surface area (Å²) in [5, 5.41) is 2.67. The Balaban J connectivity index is 4.16. The second-order valence-corrected chi connectivity index (χ2v) is 3.73. The van der Waals surface area contributed by atoms with Gasteiger partial charge in [-0.25, -0.2) is 0 Å². The highest BCUT2D eigenvalue weighted by molar-refractivity contribution is 5.84. The Labute approximate surface area is 97.4 Å². The van der Waals surface area contributed by atoms with Crippen LogP contribution in [0.2, 0.25) is 0 Å². The fraction of sp³-hybridized carbons (Fsp3) is 0.818. The zero-order chi connectivity index (χ0) is 12.6. The van der Waals surface area contributed by atoms with Gasteiger partial charge < -0.3 is 16.0 Å². The van der Waals surface area contributed by atoms with Crippen LogP contribution in [0.5, 0.6) is 0 Å². The summed E-state index contributed by atoms with van der Waals surface area (Å²) in [6.07, 6.45) is 1.08. The van der Waals surface area contributed by atoms with Gasteiger partial charge in [-0.3, -0.25) is 9.59 Å². The van der Waals surface area contributed by atoms with Crippen LogP contribution in [-0.4, -0.2) is 42.4 Å². The number of rotatable bonds is 7. The molecular formula is C11H23N3O2. The topological polar surface area (TPSA) is 75.4 Å². The van der Waals surface area contributed by atoms with Gasteiger partial charge in [0.05, 0.1) is 6.54 Å². The van der Waals surface area contributed by atoms with Crippen molar-refractivity contribution in [1.82, 2.24) is 10.2 Å². The Kier molecular flexibility index (Phi) is 7.54. The summed E-state index contributed by atoms with van der Waals surface area (Å²) in [4.78, 5) is 24.6. The minimum atomic E-state index is -0.122. The molecule has 1 unspecified atom stereocenters. The molecule has 0 aliphatic rings. The van der Waals surface area contributed by atoms with Crippen LogP contribution in [0, 0.1) is 0 Å². The molecule has 0 saturated carbocycles. The Morgan fingerprint density at radius 1 is 1.31 bits per heavy atom. The predicted octanol–water partition coefficient (Wildman–Crippen LogP) is 0.0984. The minimum absolute atomic E-state index is 0.0527. The lowest BCUT2D eigenvalue weighted by molar-refractivity contribution is -0.136. The molecule has 5 nitrogen and oxygen atoms in total. The molecule has 0 aromatic rings. The lowest BCUT2D eigenvalue weighted by atomic mass is 10.1. The molecule has 0 heterocycles. The third-order valence-corrected chi connectivity index (χ3v) is 2.40. The van der Waals surface area contributed by atoms with Gasteiger partial charge in [-0.05, 0) is 20.3 Å². The van der Waals surface area contributed by atoms with Crippen molar-refractivity contribution in [2.75, 3.05) is 19.6 Å². The highest BCUT2D eigenvalue weighted by atomic mass is 16.2. The van der Waals surface area contributed by atoms with Crippen LogP contribution in [0.15, 0.2) is 0 Å². The fourth-order valence-corrected chi connectivity index (χ4v) is 1.30. The molecule has 1 atom stereocenters. The van der Waals surface area contributed by atoms with Crippen LogP contribution in [-0.2, 0) is 9.59 Å². The van der Waals surface area contributed by atoms with E-state index in [0.29, 0.717) is 19.5 Å². The zero-order valence-electron chi connectivity index (χ0n) is 10.5. The van der Waals surface area contributed by atoms with Crippen LogP contribution in [0.4, 0.5) is 0 Å². The SMILES string of the molecule is CCNC(=O)CN(CC)C(=O)CC(N)CC. The second-order valence-electron chi connectivity index (χ2n) is 3.73. The van der Waals surface area contributed by atoms with Crippen LogP contribution < -0.4 is 11.1 Å². The molecule has 0 radical (unpaired) electrons. The summed E-state index contributed by atoms with van der Waals surface area (Å²) < 4.78 is 0.